The molecule has 0 aromatic rings. The normalized spacial score (nSPS) is 30.8. The van der Waals surface area contributed by atoms with Crippen molar-refractivity contribution in [3.63, 3.8) is 0 Å². The number of carbonyl (C=O) groups is 1. The van der Waals surface area contributed by atoms with E-state index in [1.54, 1.807) is 0 Å². The molecule has 0 aliphatic carbocycles. The Bertz CT molecular complexity index is 223. The van der Waals surface area contributed by atoms with Crippen LogP contribution >= 0.6 is 11.8 Å². The molecule has 4 nitrogen and oxygen atoms in total. The van der Waals surface area contributed by atoms with Crippen molar-refractivity contribution in [3.8, 4) is 0 Å². The van der Waals surface area contributed by atoms with Crippen LogP contribution in [0, 0.1) is 0 Å². The van der Waals surface area contributed by atoms with E-state index < -0.39 is 0 Å². The van der Waals surface area contributed by atoms with Gasteiger partial charge in [-0.3, -0.25) is 0 Å². The summed E-state index contributed by atoms with van der Waals surface area (Å²) in [5, 5.41) is 9.77. The Morgan fingerprint density at radius 1 is 1.19 bits per heavy atom. The largest absolute Gasteiger partial charge is 0.334 e. The second-order valence-corrected chi connectivity index (χ2v) is 5.83. The molecule has 2 atom stereocenters. The highest BCUT2D eigenvalue weighted by Gasteiger charge is 2.19. The summed E-state index contributed by atoms with van der Waals surface area (Å²) in [6, 6.07) is 0.307. The Hall–Kier alpha value is -0.420. The van der Waals surface area contributed by atoms with Gasteiger partial charge in [-0.1, -0.05) is 6.42 Å². The van der Waals surface area contributed by atoms with E-state index in [9.17, 15) is 4.79 Å². The molecular formula is C11H21N3OS. The predicted octanol–water partition coefficient (Wildman–Crippen LogP) is 1.28. The van der Waals surface area contributed by atoms with Crippen LogP contribution in [-0.2, 0) is 0 Å². The van der Waals surface area contributed by atoms with Gasteiger partial charge < -0.3 is 16.0 Å². The predicted molar refractivity (Wildman–Crippen MR) is 67.7 cm³/mol. The Morgan fingerprint density at radius 3 is 2.94 bits per heavy atom. The third kappa shape index (κ3) is 3.87. The van der Waals surface area contributed by atoms with Crippen LogP contribution in [0.1, 0.15) is 32.1 Å². The van der Waals surface area contributed by atoms with Crippen LogP contribution in [0.25, 0.3) is 0 Å². The molecule has 2 rings (SSSR count). The first kappa shape index (κ1) is 12.0. The van der Waals surface area contributed by atoms with E-state index in [-0.39, 0.29) is 6.03 Å². The van der Waals surface area contributed by atoms with Gasteiger partial charge in [0.1, 0.15) is 0 Å². The number of nitrogens with one attached hydrogen (secondary N) is 3. The summed E-state index contributed by atoms with van der Waals surface area (Å²) in [7, 11) is 0. The Morgan fingerprint density at radius 2 is 2.12 bits per heavy atom. The van der Waals surface area contributed by atoms with Gasteiger partial charge in [-0.2, -0.15) is 0 Å². The second kappa shape index (κ2) is 6.35. The highest BCUT2D eigenvalue weighted by molar-refractivity contribution is 8.00. The van der Waals surface area contributed by atoms with Gasteiger partial charge in [-0.25, -0.2) is 4.79 Å². The Labute approximate surface area is 101 Å². The van der Waals surface area contributed by atoms with E-state index in [0.29, 0.717) is 11.4 Å². The number of thioether (sulfide) groups is 1. The fourth-order valence-corrected chi connectivity index (χ4v) is 3.35. The van der Waals surface area contributed by atoms with E-state index >= 15 is 0 Å². The molecule has 0 bridgehead atoms. The first-order valence-corrected chi connectivity index (χ1v) is 7.29. The smallest absolute Gasteiger partial charge is 0.315 e. The molecule has 0 aromatic carbocycles. The van der Waals surface area contributed by atoms with E-state index in [2.05, 4.69) is 16.0 Å². The molecule has 5 heteroatoms. The van der Waals surface area contributed by atoms with E-state index in [0.717, 1.165) is 25.9 Å². The third-order valence-corrected chi connectivity index (χ3v) is 4.38. The summed E-state index contributed by atoms with van der Waals surface area (Å²) < 4.78 is 0. The topological polar surface area (TPSA) is 53.2 Å². The average molecular weight is 243 g/mol. The van der Waals surface area contributed by atoms with Crippen LogP contribution < -0.4 is 16.0 Å². The van der Waals surface area contributed by atoms with Gasteiger partial charge in [0.25, 0.3) is 0 Å². The number of urea groups is 1. The lowest BCUT2D eigenvalue weighted by molar-refractivity contribution is 0.235. The van der Waals surface area contributed by atoms with Crippen LogP contribution in [0.5, 0.6) is 0 Å². The van der Waals surface area contributed by atoms with E-state index in [1.165, 1.54) is 25.0 Å². The lowest BCUT2D eigenvalue weighted by Crippen LogP contribution is -2.47. The molecule has 0 saturated carbocycles. The number of rotatable bonds is 2. The fraction of sp³-hybridized carbons (Fsp3) is 0.909. The quantitative estimate of drug-likeness (QED) is 0.685. The van der Waals surface area contributed by atoms with Gasteiger partial charge in [0.15, 0.2) is 0 Å². The molecule has 2 aliphatic heterocycles. The molecule has 0 aromatic heterocycles. The van der Waals surface area contributed by atoms with Crippen LogP contribution in [0.3, 0.4) is 0 Å². The van der Waals surface area contributed by atoms with Gasteiger partial charge in [0, 0.05) is 12.6 Å². The summed E-state index contributed by atoms with van der Waals surface area (Å²) in [5.74, 6) is 1.18. The Balaban J connectivity index is 1.68. The first-order valence-electron chi connectivity index (χ1n) is 6.24. The summed E-state index contributed by atoms with van der Waals surface area (Å²) in [6.45, 7) is 1.99. The van der Waals surface area contributed by atoms with Crippen molar-refractivity contribution in [1.82, 2.24) is 16.0 Å². The molecule has 0 spiro atoms. The lowest BCUT2D eigenvalue weighted by Gasteiger charge is -2.18. The second-order valence-electron chi connectivity index (χ2n) is 4.52. The molecule has 2 saturated heterocycles. The van der Waals surface area contributed by atoms with Crippen molar-refractivity contribution in [3.05, 3.63) is 0 Å². The van der Waals surface area contributed by atoms with Gasteiger partial charge >= 0.3 is 6.03 Å². The van der Waals surface area contributed by atoms with Gasteiger partial charge in [-0.05, 0) is 38.0 Å². The van der Waals surface area contributed by atoms with Crippen LogP contribution in [0.15, 0.2) is 0 Å². The summed E-state index contributed by atoms with van der Waals surface area (Å²) in [4.78, 5) is 11.7. The molecule has 16 heavy (non-hydrogen) atoms. The molecule has 3 N–H and O–H groups in total. The van der Waals surface area contributed by atoms with Crippen LogP contribution in [0.4, 0.5) is 4.79 Å². The van der Waals surface area contributed by atoms with Crippen molar-refractivity contribution in [2.45, 2.75) is 43.5 Å². The molecule has 92 valence electrons. The molecule has 2 aliphatic rings. The fourth-order valence-electron chi connectivity index (χ4n) is 2.21. The standard InChI is InChI=1S/C11H21N3OS/c15-11(14-10-5-3-7-16-10)13-9-4-1-2-6-12-8-9/h9-10,12H,1-8H2,(H2,13,14,15). The molecule has 2 unspecified atom stereocenters. The highest BCUT2D eigenvalue weighted by Crippen LogP contribution is 2.23. The van der Waals surface area contributed by atoms with Crippen molar-refractivity contribution in [2.24, 2.45) is 0 Å². The number of hydrogen-bond acceptors (Lipinski definition) is 3. The third-order valence-electron chi connectivity index (χ3n) is 3.10. The lowest BCUT2D eigenvalue weighted by atomic mass is 10.1. The van der Waals surface area contributed by atoms with Crippen LogP contribution in [0.2, 0.25) is 0 Å². The minimum absolute atomic E-state index is 0.00750. The van der Waals surface area contributed by atoms with E-state index in [1.807, 2.05) is 11.8 Å². The molecule has 2 heterocycles. The van der Waals surface area contributed by atoms with Gasteiger partial charge in [0.05, 0.1) is 5.37 Å². The van der Waals surface area contributed by atoms with Gasteiger partial charge in [-0.15, -0.1) is 11.8 Å². The van der Waals surface area contributed by atoms with E-state index in [4.69, 9.17) is 0 Å². The molecule has 0 radical (unpaired) electrons. The average Bonchev–Trinajstić information content (AvgIpc) is 2.62. The molecule has 2 amide bonds. The molecular weight excluding hydrogens is 222 g/mol. The maximum Gasteiger partial charge on any atom is 0.315 e. The maximum absolute atomic E-state index is 11.7. The van der Waals surface area contributed by atoms with Crippen molar-refractivity contribution in [2.75, 3.05) is 18.8 Å². The van der Waals surface area contributed by atoms with Crippen molar-refractivity contribution >= 4 is 17.8 Å². The summed E-state index contributed by atoms with van der Waals surface area (Å²) in [5.41, 5.74) is 0. The van der Waals surface area contributed by atoms with Gasteiger partial charge in [0.2, 0.25) is 0 Å². The zero-order valence-corrected chi connectivity index (χ0v) is 10.4. The SMILES string of the molecule is O=C(NC1CCCCNC1)NC1CCCS1. The van der Waals surface area contributed by atoms with Crippen molar-refractivity contribution in [1.29, 1.82) is 0 Å². The number of amides is 2. The zero-order valence-electron chi connectivity index (χ0n) is 9.63. The van der Waals surface area contributed by atoms with Crippen molar-refractivity contribution < 1.29 is 4.79 Å². The first-order chi connectivity index (χ1) is 7.84. The minimum Gasteiger partial charge on any atom is -0.334 e. The maximum atomic E-state index is 11.7. The summed E-state index contributed by atoms with van der Waals surface area (Å²) in [6.07, 6.45) is 5.86. The number of hydrogen-bond donors (Lipinski definition) is 3. The zero-order chi connectivity index (χ0) is 11.2. The highest BCUT2D eigenvalue weighted by atomic mass is 32.2. The monoisotopic (exact) mass is 243 g/mol. The van der Waals surface area contributed by atoms with Crippen LogP contribution in [-0.4, -0.2) is 36.3 Å². The molecule has 2 fully saturated rings. The Kier molecular flexibility index (Phi) is 4.78. The number of carbonyl (C=O) groups excluding carboxylic acids is 1. The summed E-state index contributed by atoms with van der Waals surface area (Å²) >= 11 is 1.85. The minimum atomic E-state index is 0.00750.